The average molecular weight is 345 g/mol. The summed E-state index contributed by atoms with van der Waals surface area (Å²) in [5.41, 5.74) is 0.510. The maximum atomic E-state index is 13.0. The summed E-state index contributed by atoms with van der Waals surface area (Å²) in [4.78, 5) is 19.2. The number of hydrogen-bond donors (Lipinski definition) is 3. The molecule has 1 atom stereocenters. The molecule has 0 aliphatic carbocycles. The first kappa shape index (κ1) is 17.2. The minimum atomic E-state index is -0.641. The van der Waals surface area contributed by atoms with Crippen LogP contribution in [0.3, 0.4) is 0 Å². The van der Waals surface area contributed by atoms with Crippen molar-refractivity contribution in [2.45, 2.75) is 25.4 Å². The van der Waals surface area contributed by atoms with E-state index in [0.29, 0.717) is 23.3 Å². The van der Waals surface area contributed by atoms with Gasteiger partial charge in [-0.2, -0.15) is 5.10 Å². The summed E-state index contributed by atoms with van der Waals surface area (Å²) < 4.78 is 14.6. The normalized spacial score (nSPS) is 13.9. The van der Waals surface area contributed by atoms with Crippen molar-refractivity contribution in [3.8, 4) is 0 Å². The van der Waals surface area contributed by atoms with Crippen LogP contribution >= 0.6 is 0 Å². The molecule has 0 aliphatic rings. The fraction of sp³-hybridized carbons (Fsp3) is 0.353. The number of nitrogens with zero attached hydrogens (tertiary/aromatic N) is 3. The molecule has 1 aromatic carbocycles. The lowest BCUT2D eigenvalue weighted by molar-refractivity contribution is 0.171. The molecule has 2 heterocycles. The molecule has 3 N–H and O–H groups in total. The summed E-state index contributed by atoms with van der Waals surface area (Å²) in [5, 5.41) is 17.5. The van der Waals surface area contributed by atoms with Gasteiger partial charge in [-0.3, -0.25) is 9.48 Å². The molecule has 0 radical (unpaired) electrons. The molecule has 0 aliphatic heterocycles. The van der Waals surface area contributed by atoms with Crippen LogP contribution in [0.4, 0.5) is 4.39 Å². The third kappa shape index (κ3) is 3.75. The molecular weight excluding hydrogens is 325 g/mol. The highest BCUT2D eigenvalue weighted by atomic mass is 19.1. The number of fused-ring (bicyclic) bond motifs is 1. The Bertz CT molecular complexity index is 934. The van der Waals surface area contributed by atoms with Crippen molar-refractivity contribution < 1.29 is 9.50 Å². The summed E-state index contributed by atoms with van der Waals surface area (Å²) in [6, 6.07) is 6.16. The summed E-state index contributed by atoms with van der Waals surface area (Å²) in [6.45, 7) is 2.01. The molecule has 8 heteroatoms. The second-order valence-electron chi connectivity index (χ2n) is 6.39. The lowest BCUT2D eigenvalue weighted by atomic mass is 9.93. The molecular formula is C17H20FN5O2. The minimum Gasteiger partial charge on any atom is -0.394 e. The predicted molar refractivity (Wildman–Crippen MR) is 91.6 cm³/mol. The molecule has 0 fully saturated rings. The third-order valence-electron chi connectivity index (χ3n) is 4.19. The highest BCUT2D eigenvalue weighted by molar-refractivity contribution is 5.72. The van der Waals surface area contributed by atoms with E-state index in [9.17, 15) is 14.3 Å². The fourth-order valence-electron chi connectivity index (χ4n) is 2.69. The van der Waals surface area contributed by atoms with Gasteiger partial charge in [0.1, 0.15) is 17.0 Å². The van der Waals surface area contributed by atoms with Crippen molar-refractivity contribution in [2.75, 3.05) is 6.61 Å². The molecule has 132 valence electrons. The van der Waals surface area contributed by atoms with Crippen LogP contribution < -0.4 is 10.9 Å². The van der Waals surface area contributed by atoms with Crippen molar-refractivity contribution in [3.05, 3.63) is 58.0 Å². The molecule has 1 unspecified atom stereocenters. The third-order valence-corrected chi connectivity index (χ3v) is 4.19. The van der Waals surface area contributed by atoms with Crippen LogP contribution in [0.5, 0.6) is 0 Å². The fourth-order valence-corrected chi connectivity index (χ4v) is 2.69. The van der Waals surface area contributed by atoms with Gasteiger partial charge in [-0.25, -0.2) is 9.37 Å². The van der Waals surface area contributed by atoms with E-state index in [1.807, 2.05) is 6.92 Å². The molecule has 0 amide bonds. The zero-order valence-electron chi connectivity index (χ0n) is 14.1. The van der Waals surface area contributed by atoms with Crippen molar-refractivity contribution in [3.63, 3.8) is 0 Å². The van der Waals surface area contributed by atoms with Crippen LogP contribution in [0.25, 0.3) is 11.0 Å². The number of aliphatic hydroxyl groups excluding tert-OH is 1. The van der Waals surface area contributed by atoms with E-state index < -0.39 is 5.54 Å². The number of halogens is 1. The lowest BCUT2D eigenvalue weighted by Crippen LogP contribution is -2.47. The monoisotopic (exact) mass is 345 g/mol. The number of benzene rings is 1. The number of rotatable bonds is 6. The Morgan fingerprint density at radius 2 is 2.08 bits per heavy atom. The number of aryl methyl sites for hydroxylation is 1. The van der Waals surface area contributed by atoms with Crippen LogP contribution in [0.1, 0.15) is 18.3 Å². The molecule has 3 aromatic rings. The predicted octanol–water partition coefficient (Wildman–Crippen LogP) is 0.879. The van der Waals surface area contributed by atoms with Crippen molar-refractivity contribution >= 4 is 11.0 Å². The van der Waals surface area contributed by atoms with Gasteiger partial charge in [0.15, 0.2) is 5.65 Å². The van der Waals surface area contributed by atoms with Gasteiger partial charge in [-0.15, -0.1) is 0 Å². The minimum absolute atomic E-state index is 0.122. The molecule has 0 saturated carbocycles. The van der Waals surface area contributed by atoms with E-state index in [1.54, 1.807) is 19.2 Å². The molecule has 0 spiro atoms. The quantitative estimate of drug-likeness (QED) is 0.616. The molecule has 25 heavy (non-hydrogen) atoms. The largest absolute Gasteiger partial charge is 0.394 e. The lowest BCUT2D eigenvalue weighted by Gasteiger charge is -2.29. The second-order valence-corrected chi connectivity index (χ2v) is 6.39. The average Bonchev–Trinajstić information content (AvgIpc) is 2.97. The molecule has 0 saturated heterocycles. The number of aromatic nitrogens is 4. The summed E-state index contributed by atoms with van der Waals surface area (Å²) in [5.74, 6) is 0.161. The molecule has 3 rings (SSSR count). The molecule has 7 nitrogen and oxygen atoms in total. The maximum absolute atomic E-state index is 13.0. The van der Waals surface area contributed by atoms with E-state index in [4.69, 9.17) is 0 Å². The Labute approximate surface area is 143 Å². The number of hydrogen-bond acceptors (Lipinski definition) is 5. The number of H-pyrrole nitrogens is 1. The van der Waals surface area contributed by atoms with Crippen LogP contribution in [0, 0.1) is 5.82 Å². The Morgan fingerprint density at radius 3 is 2.76 bits per heavy atom. The van der Waals surface area contributed by atoms with Gasteiger partial charge in [-0.1, -0.05) is 12.1 Å². The van der Waals surface area contributed by atoms with Gasteiger partial charge in [0.2, 0.25) is 0 Å². The number of aromatic amines is 1. The smallest absolute Gasteiger partial charge is 0.262 e. The highest BCUT2D eigenvalue weighted by Gasteiger charge is 2.24. The van der Waals surface area contributed by atoms with Crippen LogP contribution in [0.15, 0.2) is 35.3 Å². The van der Waals surface area contributed by atoms with Gasteiger partial charge in [0.25, 0.3) is 5.56 Å². The van der Waals surface area contributed by atoms with Gasteiger partial charge in [0, 0.05) is 12.6 Å². The van der Waals surface area contributed by atoms with Crippen LogP contribution in [-0.2, 0) is 20.0 Å². The standard InChI is InChI=1S/C17H20FN5O2/c1-17(10-24,7-11-3-5-12(18)6-4-11)19-9-14-21-15-13(16(25)22-14)8-20-23(15)2/h3-6,8,19,24H,7,9-10H2,1-2H3,(H,21,22,25). The molecule has 0 bridgehead atoms. The molecule has 2 aromatic heterocycles. The van der Waals surface area contributed by atoms with Gasteiger partial charge < -0.3 is 15.4 Å². The van der Waals surface area contributed by atoms with Crippen molar-refractivity contribution in [1.29, 1.82) is 0 Å². The Morgan fingerprint density at radius 1 is 1.36 bits per heavy atom. The Hall–Kier alpha value is -2.58. The Kier molecular flexibility index (Phi) is 4.65. The number of nitrogens with one attached hydrogen (secondary N) is 2. The Balaban J connectivity index is 1.77. The second kappa shape index (κ2) is 6.73. The first-order valence-electron chi connectivity index (χ1n) is 7.91. The zero-order valence-corrected chi connectivity index (χ0v) is 14.1. The first-order chi connectivity index (χ1) is 11.9. The number of aliphatic hydroxyl groups is 1. The van der Waals surface area contributed by atoms with E-state index >= 15 is 0 Å². The zero-order chi connectivity index (χ0) is 18.0. The summed E-state index contributed by atoms with van der Waals surface area (Å²) in [6.07, 6.45) is 1.98. The maximum Gasteiger partial charge on any atom is 0.262 e. The van der Waals surface area contributed by atoms with Gasteiger partial charge in [0.05, 0.1) is 19.3 Å². The van der Waals surface area contributed by atoms with Gasteiger partial charge in [-0.05, 0) is 31.0 Å². The van der Waals surface area contributed by atoms with Crippen molar-refractivity contribution in [1.82, 2.24) is 25.1 Å². The van der Waals surface area contributed by atoms with Gasteiger partial charge >= 0.3 is 0 Å². The van der Waals surface area contributed by atoms with Crippen molar-refractivity contribution in [2.24, 2.45) is 7.05 Å². The SMILES string of the molecule is Cn1ncc2c(=O)[nH]c(CNC(C)(CO)Cc3ccc(F)cc3)nc21. The topological polar surface area (TPSA) is 95.8 Å². The highest BCUT2D eigenvalue weighted by Crippen LogP contribution is 2.14. The van der Waals surface area contributed by atoms with E-state index in [-0.39, 0.29) is 24.5 Å². The van der Waals surface area contributed by atoms with Crippen LogP contribution in [0.2, 0.25) is 0 Å². The van der Waals surface area contributed by atoms with E-state index in [1.165, 1.54) is 23.0 Å². The first-order valence-corrected chi connectivity index (χ1v) is 7.91. The van der Waals surface area contributed by atoms with E-state index in [2.05, 4.69) is 20.4 Å². The van der Waals surface area contributed by atoms with Crippen LogP contribution in [-0.4, -0.2) is 37.0 Å². The summed E-state index contributed by atoms with van der Waals surface area (Å²) >= 11 is 0. The summed E-state index contributed by atoms with van der Waals surface area (Å²) in [7, 11) is 1.72. The van der Waals surface area contributed by atoms with E-state index in [0.717, 1.165) is 5.56 Å².